The van der Waals surface area contributed by atoms with Crippen molar-refractivity contribution in [2.24, 2.45) is 0 Å². The molecule has 0 saturated carbocycles. The first kappa shape index (κ1) is 19.5. The molecule has 1 atom stereocenters. The predicted molar refractivity (Wildman–Crippen MR) is 89.8 cm³/mol. The van der Waals surface area contributed by atoms with Crippen LogP contribution in [0.4, 0.5) is 30.5 Å². The van der Waals surface area contributed by atoms with Crippen LogP contribution in [0.3, 0.4) is 0 Å². The van der Waals surface area contributed by atoms with E-state index in [1.165, 1.54) is 18.5 Å². The molecule has 0 spiro atoms. The van der Waals surface area contributed by atoms with Crippen LogP contribution in [0.5, 0.6) is 5.88 Å². The Morgan fingerprint density at radius 2 is 2.14 bits per heavy atom. The highest BCUT2D eigenvalue weighted by atomic mass is 19.4. The second-order valence-corrected chi connectivity index (χ2v) is 5.60. The Balaban J connectivity index is 1.76. The molecule has 0 bridgehead atoms. The summed E-state index contributed by atoms with van der Waals surface area (Å²) < 4.78 is 47.3. The van der Waals surface area contributed by atoms with Gasteiger partial charge in [-0.25, -0.2) is 9.97 Å². The zero-order valence-corrected chi connectivity index (χ0v) is 14.3. The van der Waals surface area contributed by atoms with E-state index in [2.05, 4.69) is 40.9 Å². The fourth-order valence-corrected chi connectivity index (χ4v) is 2.31. The van der Waals surface area contributed by atoms with Crippen molar-refractivity contribution in [3.05, 3.63) is 24.2 Å². The number of aromatic nitrogens is 4. The number of nitrogens with one attached hydrogen (secondary N) is 3. The van der Waals surface area contributed by atoms with Crippen LogP contribution in [-0.2, 0) is 4.74 Å². The molecule has 2 aromatic rings. The van der Waals surface area contributed by atoms with E-state index < -0.39 is 12.2 Å². The standard InChI is InChI=1S/C15H15F3N8O2/c16-15(17,18)28-14-11(22-7-10-6-20-1-2-27-10)3-12(25-26-14)24-13-8-21-9(4-19)5-23-13/h3,5,8,10,20H,1-2,6-7H2,(H2,22,23,24,25)/t10-/m0/s1. The minimum Gasteiger partial charge on any atom is -0.384 e. The highest BCUT2D eigenvalue weighted by molar-refractivity contribution is 5.61. The van der Waals surface area contributed by atoms with Gasteiger partial charge in [-0.05, 0) is 0 Å². The normalized spacial score (nSPS) is 16.9. The first-order valence-electron chi connectivity index (χ1n) is 8.12. The van der Waals surface area contributed by atoms with E-state index in [1.54, 1.807) is 0 Å². The van der Waals surface area contributed by atoms with E-state index in [-0.39, 0.29) is 35.7 Å². The molecular formula is C15H15F3N8O2. The zero-order chi connectivity index (χ0) is 20.0. The minimum atomic E-state index is -4.92. The van der Waals surface area contributed by atoms with Gasteiger partial charge >= 0.3 is 6.36 Å². The molecule has 1 saturated heterocycles. The number of nitrogens with zero attached hydrogens (tertiary/aromatic N) is 5. The minimum absolute atomic E-state index is 0.0226. The maximum absolute atomic E-state index is 12.6. The quantitative estimate of drug-likeness (QED) is 0.654. The van der Waals surface area contributed by atoms with Gasteiger partial charge in [0.1, 0.15) is 17.6 Å². The second kappa shape index (κ2) is 8.63. The number of ether oxygens (including phenoxy) is 2. The number of morpholine rings is 1. The lowest BCUT2D eigenvalue weighted by molar-refractivity contribution is -0.276. The number of halogens is 3. The lowest BCUT2D eigenvalue weighted by atomic mass is 10.3. The molecule has 3 heterocycles. The van der Waals surface area contributed by atoms with E-state index >= 15 is 0 Å². The third-order valence-electron chi connectivity index (χ3n) is 3.52. The Hall–Kier alpha value is -3.24. The highest BCUT2D eigenvalue weighted by Gasteiger charge is 2.33. The molecular weight excluding hydrogens is 381 g/mol. The van der Waals surface area contributed by atoms with Gasteiger partial charge in [-0.15, -0.1) is 23.4 Å². The van der Waals surface area contributed by atoms with Gasteiger partial charge in [-0.3, -0.25) is 0 Å². The molecule has 148 valence electrons. The smallest absolute Gasteiger partial charge is 0.384 e. The van der Waals surface area contributed by atoms with Gasteiger partial charge in [-0.2, -0.15) is 5.26 Å². The van der Waals surface area contributed by atoms with Crippen molar-refractivity contribution in [1.29, 1.82) is 5.26 Å². The third kappa shape index (κ3) is 5.63. The van der Waals surface area contributed by atoms with E-state index in [4.69, 9.17) is 10.00 Å². The van der Waals surface area contributed by atoms with Crippen LogP contribution in [-0.4, -0.2) is 58.9 Å². The van der Waals surface area contributed by atoms with Crippen LogP contribution >= 0.6 is 0 Å². The van der Waals surface area contributed by atoms with Crippen LogP contribution in [0.1, 0.15) is 5.69 Å². The lowest BCUT2D eigenvalue weighted by Crippen LogP contribution is -2.42. The van der Waals surface area contributed by atoms with E-state index in [0.29, 0.717) is 13.2 Å². The number of rotatable bonds is 6. The fourth-order valence-electron chi connectivity index (χ4n) is 2.31. The number of anilines is 3. The monoisotopic (exact) mass is 396 g/mol. The largest absolute Gasteiger partial charge is 0.574 e. The molecule has 0 unspecified atom stereocenters. The summed E-state index contributed by atoms with van der Waals surface area (Å²) in [6.45, 7) is 2.03. The zero-order valence-electron chi connectivity index (χ0n) is 14.3. The molecule has 0 radical (unpaired) electrons. The maximum atomic E-state index is 12.6. The molecule has 13 heteroatoms. The van der Waals surface area contributed by atoms with Crippen molar-refractivity contribution < 1.29 is 22.6 Å². The SMILES string of the molecule is N#Cc1cnc(Nc2cc(NC[C@@H]3CNCCO3)c(OC(F)(F)F)nn2)cn1. The molecule has 0 aliphatic carbocycles. The Morgan fingerprint density at radius 1 is 1.29 bits per heavy atom. The summed E-state index contributed by atoms with van der Waals surface area (Å²) in [5.41, 5.74) is 0.0969. The number of hydrogen-bond acceptors (Lipinski definition) is 10. The molecule has 28 heavy (non-hydrogen) atoms. The Kier molecular flexibility index (Phi) is 6.02. The summed E-state index contributed by atoms with van der Waals surface area (Å²) in [6, 6.07) is 3.12. The van der Waals surface area contributed by atoms with E-state index in [1.807, 2.05) is 6.07 Å². The fraction of sp³-hybridized carbons (Fsp3) is 0.400. The van der Waals surface area contributed by atoms with Crippen molar-refractivity contribution in [3.8, 4) is 11.9 Å². The molecule has 1 aliphatic heterocycles. The summed E-state index contributed by atoms with van der Waals surface area (Å²) >= 11 is 0. The van der Waals surface area contributed by atoms with Crippen LogP contribution in [0, 0.1) is 11.3 Å². The Bertz CT molecular complexity index is 835. The molecule has 0 aromatic carbocycles. The average Bonchev–Trinajstić information content (AvgIpc) is 2.68. The number of nitriles is 1. The van der Waals surface area contributed by atoms with Crippen molar-refractivity contribution in [2.75, 3.05) is 36.9 Å². The van der Waals surface area contributed by atoms with Gasteiger partial charge in [0, 0.05) is 25.7 Å². The maximum Gasteiger partial charge on any atom is 0.574 e. The van der Waals surface area contributed by atoms with Crippen molar-refractivity contribution >= 4 is 17.3 Å². The second-order valence-electron chi connectivity index (χ2n) is 5.60. The summed E-state index contributed by atoms with van der Waals surface area (Å²) in [4.78, 5) is 7.78. The van der Waals surface area contributed by atoms with Gasteiger partial charge in [0.15, 0.2) is 11.5 Å². The first-order valence-corrected chi connectivity index (χ1v) is 8.12. The molecule has 1 aliphatic rings. The van der Waals surface area contributed by atoms with Gasteiger partial charge < -0.3 is 25.4 Å². The van der Waals surface area contributed by atoms with Crippen LogP contribution in [0.2, 0.25) is 0 Å². The van der Waals surface area contributed by atoms with E-state index in [0.717, 1.165) is 6.54 Å². The number of hydrogen-bond donors (Lipinski definition) is 3. The van der Waals surface area contributed by atoms with Crippen molar-refractivity contribution in [2.45, 2.75) is 12.5 Å². The summed E-state index contributed by atoms with van der Waals surface area (Å²) in [5, 5.41) is 24.6. The van der Waals surface area contributed by atoms with Crippen molar-refractivity contribution in [1.82, 2.24) is 25.5 Å². The topological polar surface area (TPSA) is 130 Å². The lowest BCUT2D eigenvalue weighted by Gasteiger charge is -2.24. The summed E-state index contributed by atoms with van der Waals surface area (Å²) in [7, 11) is 0. The third-order valence-corrected chi connectivity index (χ3v) is 3.52. The number of alkyl halides is 3. The molecule has 2 aromatic heterocycles. The summed E-state index contributed by atoms with van der Waals surface area (Å²) in [6.07, 6.45) is -2.61. The van der Waals surface area contributed by atoms with Crippen LogP contribution in [0.15, 0.2) is 18.5 Å². The Morgan fingerprint density at radius 3 is 2.79 bits per heavy atom. The van der Waals surface area contributed by atoms with E-state index in [9.17, 15) is 13.2 Å². The van der Waals surface area contributed by atoms with Crippen LogP contribution < -0.4 is 20.7 Å². The average molecular weight is 396 g/mol. The van der Waals surface area contributed by atoms with Crippen LogP contribution in [0.25, 0.3) is 0 Å². The van der Waals surface area contributed by atoms with Gasteiger partial charge in [-0.1, -0.05) is 0 Å². The van der Waals surface area contributed by atoms with Crippen molar-refractivity contribution in [3.63, 3.8) is 0 Å². The van der Waals surface area contributed by atoms with Gasteiger partial charge in [0.25, 0.3) is 5.88 Å². The molecule has 10 nitrogen and oxygen atoms in total. The van der Waals surface area contributed by atoms with Gasteiger partial charge in [0.05, 0.1) is 25.1 Å². The first-order chi connectivity index (χ1) is 13.4. The Labute approximate surface area is 157 Å². The highest BCUT2D eigenvalue weighted by Crippen LogP contribution is 2.29. The van der Waals surface area contributed by atoms with Gasteiger partial charge in [0.2, 0.25) is 0 Å². The molecule has 0 amide bonds. The molecule has 3 N–H and O–H groups in total. The summed E-state index contributed by atoms with van der Waals surface area (Å²) in [5.74, 6) is -0.366. The molecule has 1 fully saturated rings. The molecule has 3 rings (SSSR count). The predicted octanol–water partition coefficient (Wildman–Crippen LogP) is 1.18.